The number of ether oxygens (including phenoxy) is 1. The van der Waals surface area contributed by atoms with E-state index >= 15 is 0 Å². The third kappa shape index (κ3) is 2.51. The number of amides is 1. The van der Waals surface area contributed by atoms with Gasteiger partial charge in [0.15, 0.2) is 5.82 Å². The molecule has 1 aliphatic heterocycles. The van der Waals surface area contributed by atoms with Crippen molar-refractivity contribution in [2.75, 3.05) is 5.32 Å². The van der Waals surface area contributed by atoms with Crippen LogP contribution in [0.5, 0.6) is 5.75 Å². The number of carbonyl (C=O) groups is 1. The molecule has 0 saturated heterocycles. The maximum atomic E-state index is 11.9. The number of para-hydroxylation sites is 1. The van der Waals surface area contributed by atoms with Gasteiger partial charge in [-0.15, -0.1) is 0 Å². The van der Waals surface area contributed by atoms with E-state index in [9.17, 15) is 4.79 Å². The molecule has 2 heterocycles. The number of aromatic amines is 1. The highest BCUT2D eigenvalue weighted by Crippen LogP contribution is 2.41. The Kier molecular flexibility index (Phi) is 3.41. The average molecular weight is 285 g/mol. The fourth-order valence-electron chi connectivity index (χ4n) is 2.83. The SMILES string of the molecule is Cc1[nH]nc2c1[C@@H](c1ccccc1OC(C)C)CC(=O)N2. The molecule has 1 aromatic carbocycles. The Hall–Kier alpha value is -2.30. The smallest absolute Gasteiger partial charge is 0.226 e. The van der Waals surface area contributed by atoms with Crippen LogP contribution < -0.4 is 10.1 Å². The summed E-state index contributed by atoms with van der Waals surface area (Å²) < 4.78 is 5.90. The third-order valence-electron chi connectivity index (χ3n) is 3.65. The zero-order chi connectivity index (χ0) is 15.0. The van der Waals surface area contributed by atoms with Crippen molar-refractivity contribution < 1.29 is 9.53 Å². The van der Waals surface area contributed by atoms with E-state index in [1.807, 2.05) is 45.0 Å². The van der Waals surface area contributed by atoms with E-state index in [1.54, 1.807) is 0 Å². The van der Waals surface area contributed by atoms with Gasteiger partial charge in [-0.1, -0.05) is 18.2 Å². The first-order valence-electron chi connectivity index (χ1n) is 7.16. The second kappa shape index (κ2) is 5.24. The summed E-state index contributed by atoms with van der Waals surface area (Å²) in [7, 11) is 0. The molecule has 5 heteroatoms. The maximum absolute atomic E-state index is 11.9. The second-order valence-corrected chi connectivity index (χ2v) is 5.62. The van der Waals surface area contributed by atoms with Gasteiger partial charge in [0.1, 0.15) is 5.75 Å². The van der Waals surface area contributed by atoms with Crippen molar-refractivity contribution in [2.45, 2.75) is 39.2 Å². The predicted octanol–water partition coefficient (Wildman–Crippen LogP) is 2.98. The van der Waals surface area contributed by atoms with Crippen LogP contribution in [0, 0.1) is 6.92 Å². The number of rotatable bonds is 3. The van der Waals surface area contributed by atoms with E-state index in [4.69, 9.17) is 4.74 Å². The Balaban J connectivity index is 2.08. The summed E-state index contributed by atoms with van der Waals surface area (Å²) in [5, 5.41) is 9.95. The standard InChI is InChI=1S/C16H19N3O2/c1-9(2)21-13-7-5-4-6-11(13)12-8-14(20)17-16-15(12)10(3)18-19-16/h4-7,9,12H,8H2,1-3H3,(H2,17,18,19,20)/t12-/m1/s1. The lowest BCUT2D eigenvalue weighted by atomic mass is 9.85. The lowest BCUT2D eigenvalue weighted by Gasteiger charge is -2.25. The highest BCUT2D eigenvalue weighted by atomic mass is 16.5. The number of nitrogens with one attached hydrogen (secondary N) is 2. The highest BCUT2D eigenvalue weighted by molar-refractivity contribution is 5.94. The summed E-state index contributed by atoms with van der Waals surface area (Å²) in [6.45, 7) is 5.97. The van der Waals surface area contributed by atoms with Gasteiger partial charge in [0.05, 0.1) is 6.10 Å². The fourth-order valence-corrected chi connectivity index (χ4v) is 2.83. The van der Waals surface area contributed by atoms with E-state index in [-0.39, 0.29) is 17.9 Å². The van der Waals surface area contributed by atoms with Gasteiger partial charge in [0.25, 0.3) is 0 Å². The molecule has 1 aromatic heterocycles. The number of anilines is 1. The molecule has 0 fully saturated rings. The van der Waals surface area contributed by atoms with Gasteiger partial charge in [-0.3, -0.25) is 9.89 Å². The first-order chi connectivity index (χ1) is 10.1. The van der Waals surface area contributed by atoms with Gasteiger partial charge in [0.2, 0.25) is 5.91 Å². The van der Waals surface area contributed by atoms with E-state index in [2.05, 4.69) is 15.5 Å². The predicted molar refractivity (Wildman–Crippen MR) is 80.6 cm³/mol. The second-order valence-electron chi connectivity index (χ2n) is 5.62. The van der Waals surface area contributed by atoms with Crippen molar-refractivity contribution in [3.05, 3.63) is 41.1 Å². The van der Waals surface area contributed by atoms with Gasteiger partial charge >= 0.3 is 0 Å². The fraction of sp³-hybridized carbons (Fsp3) is 0.375. The van der Waals surface area contributed by atoms with Gasteiger partial charge in [0, 0.05) is 29.2 Å². The van der Waals surface area contributed by atoms with Crippen LogP contribution in [0.3, 0.4) is 0 Å². The number of fused-ring (bicyclic) bond motifs is 1. The quantitative estimate of drug-likeness (QED) is 0.911. The number of aryl methyl sites for hydroxylation is 1. The molecule has 2 N–H and O–H groups in total. The first kappa shape index (κ1) is 13.7. The Labute approximate surface area is 123 Å². The minimum Gasteiger partial charge on any atom is -0.491 e. The molecule has 110 valence electrons. The zero-order valence-electron chi connectivity index (χ0n) is 12.4. The van der Waals surface area contributed by atoms with Crippen molar-refractivity contribution in [1.82, 2.24) is 10.2 Å². The summed E-state index contributed by atoms with van der Waals surface area (Å²) in [5.74, 6) is 1.42. The largest absolute Gasteiger partial charge is 0.491 e. The molecule has 2 aromatic rings. The Bertz CT molecular complexity index is 676. The van der Waals surface area contributed by atoms with Crippen LogP contribution in [0.15, 0.2) is 24.3 Å². The van der Waals surface area contributed by atoms with E-state index in [0.29, 0.717) is 12.2 Å². The molecule has 21 heavy (non-hydrogen) atoms. The molecular weight excluding hydrogens is 266 g/mol. The molecule has 0 spiro atoms. The van der Waals surface area contributed by atoms with E-state index in [1.165, 1.54) is 0 Å². The summed E-state index contributed by atoms with van der Waals surface area (Å²) in [6, 6.07) is 7.91. The molecule has 1 amide bonds. The van der Waals surface area contributed by atoms with Crippen LogP contribution in [-0.2, 0) is 4.79 Å². The van der Waals surface area contributed by atoms with Gasteiger partial charge in [-0.2, -0.15) is 5.10 Å². The lowest BCUT2D eigenvalue weighted by molar-refractivity contribution is -0.116. The number of nitrogens with zero attached hydrogens (tertiary/aromatic N) is 1. The van der Waals surface area contributed by atoms with Gasteiger partial charge < -0.3 is 10.1 Å². The number of H-pyrrole nitrogens is 1. The van der Waals surface area contributed by atoms with Crippen molar-refractivity contribution in [3.8, 4) is 5.75 Å². The summed E-state index contributed by atoms with van der Waals surface area (Å²) in [6.07, 6.45) is 0.500. The first-order valence-corrected chi connectivity index (χ1v) is 7.16. The number of aromatic nitrogens is 2. The Morgan fingerprint density at radius 2 is 2.10 bits per heavy atom. The van der Waals surface area contributed by atoms with Crippen LogP contribution in [0.25, 0.3) is 0 Å². The molecule has 1 atom stereocenters. The molecule has 3 rings (SSSR count). The van der Waals surface area contributed by atoms with Crippen molar-refractivity contribution >= 4 is 11.7 Å². The minimum atomic E-state index is -0.0255. The molecule has 0 saturated carbocycles. The number of hydrogen-bond acceptors (Lipinski definition) is 3. The molecule has 0 bridgehead atoms. The highest BCUT2D eigenvalue weighted by Gasteiger charge is 2.32. The van der Waals surface area contributed by atoms with Crippen LogP contribution in [0.1, 0.15) is 43.0 Å². The van der Waals surface area contributed by atoms with Crippen LogP contribution >= 0.6 is 0 Å². The van der Waals surface area contributed by atoms with Crippen molar-refractivity contribution in [1.29, 1.82) is 0 Å². The summed E-state index contributed by atoms with van der Waals surface area (Å²) >= 11 is 0. The van der Waals surface area contributed by atoms with Crippen LogP contribution in [-0.4, -0.2) is 22.2 Å². The van der Waals surface area contributed by atoms with E-state index < -0.39 is 0 Å². The molecule has 1 aliphatic rings. The Morgan fingerprint density at radius 3 is 2.86 bits per heavy atom. The van der Waals surface area contributed by atoms with Crippen molar-refractivity contribution in [2.24, 2.45) is 0 Å². The lowest BCUT2D eigenvalue weighted by Crippen LogP contribution is -2.24. The summed E-state index contributed by atoms with van der Waals surface area (Å²) in [5.41, 5.74) is 3.07. The normalized spacial score (nSPS) is 17.5. The molecule has 0 radical (unpaired) electrons. The number of carbonyl (C=O) groups excluding carboxylic acids is 1. The molecule has 0 aliphatic carbocycles. The summed E-state index contributed by atoms with van der Waals surface area (Å²) in [4.78, 5) is 11.9. The number of hydrogen-bond donors (Lipinski definition) is 2. The van der Waals surface area contributed by atoms with Gasteiger partial charge in [-0.25, -0.2) is 0 Å². The monoisotopic (exact) mass is 285 g/mol. The molecule has 0 unspecified atom stereocenters. The zero-order valence-corrected chi connectivity index (χ0v) is 12.4. The topological polar surface area (TPSA) is 67.0 Å². The number of benzene rings is 1. The minimum absolute atomic E-state index is 0.0154. The average Bonchev–Trinajstić information content (AvgIpc) is 2.79. The van der Waals surface area contributed by atoms with Gasteiger partial charge in [-0.05, 0) is 26.8 Å². The Morgan fingerprint density at radius 1 is 1.33 bits per heavy atom. The maximum Gasteiger partial charge on any atom is 0.226 e. The third-order valence-corrected chi connectivity index (χ3v) is 3.65. The molecular formula is C16H19N3O2. The van der Waals surface area contributed by atoms with Crippen LogP contribution in [0.4, 0.5) is 5.82 Å². The molecule has 5 nitrogen and oxygen atoms in total. The van der Waals surface area contributed by atoms with Crippen molar-refractivity contribution in [3.63, 3.8) is 0 Å². The van der Waals surface area contributed by atoms with E-state index in [0.717, 1.165) is 22.6 Å². The van der Waals surface area contributed by atoms with Crippen LogP contribution in [0.2, 0.25) is 0 Å².